The van der Waals surface area contributed by atoms with E-state index in [0.29, 0.717) is 11.6 Å². The molecule has 1 aliphatic rings. The summed E-state index contributed by atoms with van der Waals surface area (Å²) in [6.07, 6.45) is 1.81. The normalized spacial score (nSPS) is 23.9. The Balaban J connectivity index is 1.94. The zero-order valence-electron chi connectivity index (χ0n) is 12.0. The van der Waals surface area contributed by atoms with Crippen molar-refractivity contribution in [1.82, 2.24) is 5.32 Å². The maximum absolute atomic E-state index is 12.0. The Labute approximate surface area is 115 Å². The SMILES string of the molecule is CC(C)(C)C1CC(OC(=O)c2ccccc2)CCN1. The Hall–Kier alpha value is -1.35. The minimum Gasteiger partial charge on any atom is -0.459 e. The zero-order chi connectivity index (χ0) is 13.9. The van der Waals surface area contributed by atoms with Gasteiger partial charge in [0.1, 0.15) is 6.10 Å². The van der Waals surface area contributed by atoms with E-state index < -0.39 is 0 Å². The molecule has 1 aliphatic heterocycles. The first-order valence-electron chi connectivity index (χ1n) is 6.96. The van der Waals surface area contributed by atoms with Crippen molar-refractivity contribution in [1.29, 1.82) is 0 Å². The van der Waals surface area contributed by atoms with Crippen molar-refractivity contribution in [3.05, 3.63) is 35.9 Å². The molecule has 1 heterocycles. The third-order valence-electron chi connectivity index (χ3n) is 3.68. The van der Waals surface area contributed by atoms with E-state index in [4.69, 9.17) is 4.74 Å². The van der Waals surface area contributed by atoms with Gasteiger partial charge in [-0.1, -0.05) is 39.0 Å². The second kappa shape index (κ2) is 5.74. The van der Waals surface area contributed by atoms with Crippen LogP contribution in [0.1, 0.15) is 44.0 Å². The molecule has 0 radical (unpaired) electrons. The summed E-state index contributed by atoms with van der Waals surface area (Å²) in [7, 11) is 0. The molecule has 1 aromatic carbocycles. The van der Waals surface area contributed by atoms with Crippen LogP contribution in [0.15, 0.2) is 30.3 Å². The number of hydrogen-bond donors (Lipinski definition) is 1. The van der Waals surface area contributed by atoms with Gasteiger partial charge in [0.25, 0.3) is 0 Å². The van der Waals surface area contributed by atoms with E-state index in [-0.39, 0.29) is 17.5 Å². The molecule has 19 heavy (non-hydrogen) atoms. The van der Waals surface area contributed by atoms with Crippen molar-refractivity contribution < 1.29 is 9.53 Å². The maximum atomic E-state index is 12.0. The topological polar surface area (TPSA) is 38.3 Å². The number of carbonyl (C=O) groups is 1. The van der Waals surface area contributed by atoms with Gasteiger partial charge in [-0.05, 0) is 30.5 Å². The molecule has 0 aromatic heterocycles. The van der Waals surface area contributed by atoms with Gasteiger partial charge in [0.2, 0.25) is 0 Å². The Morgan fingerprint density at radius 1 is 1.26 bits per heavy atom. The zero-order valence-corrected chi connectivity index (χ0v) is 12.0. The first kappa shape index (κ1) is 14.1. The van der Waals surface area contributed by atoms with Gasteiger partial charge in [-0.3, -0.25) is 0 Å². The fourth-order valence-corrected chi connectivity index (χ4v) is 2.44. The average molecular weight is 261 g/mol. The van der Waals surface area contributed by atoms with E-state index >= 15 is 0 Å². The molecule has 3 nitrogen and oxygen atoms in total. The monoisotopic (exact) mass is 261 g/mol. The Bertz CT molecular complexity index is 422. The van der Waals surface area contributed by atoms with E-state index in [2.05, 4.69) is 26.1 Å². The molecule has 0 spiro atoms. The van der Waals surface area contributed by atoms with E-state index in [0.717, 1.165) is 19.4 Å². The molecule has 1 saturated heterocycles. The van der Waals surface area contributed by atoms with Crippen LogP contribution in [0.5, 0.6) is 0 Å². The highest BCUT2D eigenvalue weighted by atomic mass is 16.5. The predicted octanol–water partition coefficient (Wildman–Crippen LogP) is 3.01. The molecule has 1 aromatic rings. The highest BCUT2D eigenvalue weighted by molar-refractivity contribution is 5.89. The third-order valence-corrected chi connectivity index (χ3v) is 3.68. The summed E-state index contributed by atoms with van der Waals surface area (Å²) in [5, 5.41) is 3.51. The van der Waals surface area contributed by atoms with Gasteiger partial charge >= 0.3 is 5.97 Å². The maximum Gasteiger partial charge on any atom is 0.338 e. The number of esters is 1. The molecular formula is C16H23NO2. The average Bonchev–Trinajstić information content (AvgIpc) is 2.39. The molecule has 104 valence electrons. The van der Waals surface area contributed by atoms with Crippen molar-refractivity contribution in [3.63, 3.8) is 0 Å². The van der Waals surface area contributed by atoms with E-state index in [1.165, 1.54) is 0 Å². The van der Waals surface area contributed by atoms with E-state index in [1.54, 1.807) is 12.1 Å². The Morgan fingerprint density at radius 3 is 2.58 bits per heavy atom. The number of nitrogens with one attached hydrogen (secondary N) is 1. The van der Waals surface area contributed by atoms with Crippen LogP contribution < -0.4 is 5.32 Å². The van der Waals surface area contributed by atoms with Gasteiger partial charge in [0.15, 0.2) is 0 Å². The van der Waals surface area contributed by atoms with Crippen LogP contribution in [0.2, 0.25) is 0 Å². The molecule has 0 aliphatic carbocycles. The largest absolute Gasteiger partial charge is 0.459 e. The van der Waals surface area contributed by atoms with Gasteiger partial charge in [-0.25, -0.2) is 4.79 Å². The summed E-state index contributed by atoms with van der Waals surface area (Å²) in [5.41, 5.74) is 0.825. The van der Waals surface area contributed by atoms with Crippen molar-refractivity contribution in [2.24, 2.45) is 5.41 Å². The lowest BCUT2D eigenvalue weighted by Gasteiger charge is -2.38. The van der Waals surface area contributed by atoms with Crippen LogP contribution in [0.3, 0.4) is 0 Å². The Morgan fingerprint density at radius 2 is 1.95 bits per heavy atom. The molecule has 0 saturated carbocycles. The third kappa shape index (κ3) is 3.80. The number of piperidine rings is 1. The van der Waals surface area contributed by atoms with E-state index in [9.17, 15) is 4.79 Å². The fourth-order valence-electron chi connectivity index (χ4n) is 2.44. The van der Waals surface area contributed by atoms with Gasteiger partial charge in [-0.2, -0.15) is 0 Å². The van der Waals surface area contributed by atoms with Gasteiger partial charge in [-0.15, -0.1) is 0 Å². The standard InChI is InChI=1S/C16H23NO2/c1-16(2,3)14-11-13(9-10-17-14)19-15(18)12-7-5-4-6-8-12/h4-8,13-14,17H,9-11H2,1-3H3. The van der Waals surface area contributed by atoms with Crippen molar-refractivity contribution in [2.45, 2.75) is 45.8 Å². The number of ether oxygens (including phenoxy) is 1. The summed E-state index contributed by atoms with van der Waals surface area (Å²) >= 11 is 0. The van der Waals surface area contributed by atoms with E-state index in [1.807, 2.05) is 18.2 Å². The van der Waals surface area contributed by atoms with Crippen molar-refractivity contribution in [3.8, 4) is 0 Å². The number of carbonyl (C=O) groups excluding carboxylic acids is 1. The van der Waals surface area contributed by atoms with Crippen molar-refractivity contribution >= 4 is 5.97 Å². The van der Waals surface area contributed by atoms with Gasteiger partial charge in [0.05, 0.1) is 5.56 Å². The molecule has 2 unspecified atom stereocenters. The summed E-state index contributed by atoms with van der Waals surface area (Å²) in [4.78, 5) is 12.0. The van der Waals surface area contributed by atoms with Crippen LogP contribution in [0.4, 0.5) is 0 Å². The van der Waals surface area contributed by atoms with Crippen LogP contribution >= 0.6 is 0 Å². The summed E-state index contributed by atoms with van der Waals surface area (Å²) < 4.78 is 5.62. The summed E-state index contributed by atoms with van der Waals surface area (Å²) in [5.74, 6) is -0.208. The van der Waals surface area contributed by atoms with Crippen LogP contribution in [-0.2, 0) is 4.74 Å². The highest BCUT2D eigenvalue weighted by Crippen LogP contribution is 2.27. The second-order valence-corrected chi connectivity index (χ2v) is 6.29. The minimum absolute atomic E-state index is 0.0261. The lowest BCUT2D eigenvalue weighted by atomic mass is 9.81. The van der Waals surface area contributed by atoms with Crippen molar-refractivity contribution in [2.75, 3.05) is 6.54 Å². The lowest BCUT2D eigenvalue weighted by molar-refractivity contribution is 0.0114. The minimum atomic E-state index is -0.208. The van der Waals surface area contributed by atoms with Gasteiger partial charge < -0.3 is 10.1 Å². The molecular weight excluding hydrogens is 238 g/mol. The molecule has 0 amide bonds. The number of rotatable bonds is 2. The first-order valence-corrected chi connectivity index (χ1v) is 6.96. The molecule has 2 atom stereocenters. The van der Waals surface area contributed by atoms with Gasteiger partial charge in [0, 0.05) is 12.5 Å². The van der Waals surface area contributed by atoms with Crippen LogP contribution in [0.25, 0.3) is 0 Å². The fraction of sp³-hybridized carbons (Fsp3) is 0.562. The molecule has 2 rings (SSSR count). The quantitative estimate of drug-likeness (QED) is 0.832. The smallest absolute Gasteiger partial charge is 0.338 e. The Kier molecular flexibility index (Phi) is 4.25. The highest BCUT2D eigenvalue weighted by Gasteiger charge is 2.32. The molecule has 1 fully saturated rings. The number of benzene rings is 1. The summed E-state index contributed by atoms with van der Waals surface area (Å²) in [6.45, 7) is 7.55. The molecule has 0 bridgehead atoms. The predicted molar refractivity (Wildman–Crippen MR) is 76.1 cm³/mol. The summed E-state index contributed by atoms with van der Waals surface area (Å²) in [6, 6.07) is 9.61. The first-order chi connectivity index (χ1) is 8.97. The van der Waals surface area contributed by atoms with Crippen LogP contribution in [0, 0.1) is 5.41 Å². The molecule has 1 N–H and O–H groups in total. The lowest BCUT2D eigenvalue weighted by Crippen LogP contribution is -2.48. The van der Waals surface area contributed by atoms with Crippen LogP contribution in [-0.4, -0.2) is 24.7 Å². The number of hydrogen-bond acceptors (Lipinski definition) is 3. The second-order valence-electron chi connectivity index (χ2n) is 6.29. The molecule has 3 heteroatoms.